The van der Waals surface area contributed by atoms with Crippen molar-refractivity contribution in [3.63, 3.8) is 0 Å². The lowest BCUT2D eigenvalue weighted by molar-refractivity contribution is 0.530. The van der Waals surface area contributed by atoms with Gasteiger partial charge in [-0.2, -0.15) is 0 Å². The van der Waals surface area contributed by atoms with Crippen molar-refractivity contribution >= 4 is 11.3 Å². The van der Waals surface area contributed by atoms with Crippen molar-refractivity contribution in [1.29, 1.82) is 0 Å². The smallest absolute Gasteiger partial charge is 0.0302 e. The van der Waals surface area contributed by atoms with Crippen LogP contribution in [-0.4, -0.2) is 19.6 Å². The second-order valence-corrected chi connectivity index (χ2v) is 5.66. The monoisotopic (exact) mass is 240 g/mol. The molecule has 3 heteroatoms. The fourth-order valence-corrected chi connectivity index (χ4v) is 2.39. The van der Waals surface area contributed by atoms with Gasteiger partial charge >= 0.3 is 0 Å². The van der Waals surface area contributed by atoms with Gasteiger partial charge in [-0.3, -0.25) is 0 Å². The zero-order valence-corrected chi connectivity index (χ0v) is 11.5. The van der Waals surface area contributed by atoms with Crippen molar-refractivity contribution in [2.45, 2.75) is 33.7 Å². The van der Waals surface area contributed by atoms with E-state index in [-0.39, 0.29) is 0 Å². The summed E-state index contributed by atoms with van der Waals surface area (Å²) in [5, 5.41) is 9.10. The van der Waals surface area contributed by atoms with Gasteiger partial charge in [-0.15, -0.1) is 11.3 Å². The summed E-state index contributed by atoms with van der Waals surface area (Å²) in [6.45, 7) is 11.0. The van der Waals surface area contributed by atoms with Gasteiger partial charge in [0, 0.05) is 11.4 Å². The summed E-state index contributed by atoms with van der Waals surface area (Å²) >= 11 is 1.84. The quantitative estimate of drug-likeness (QED) is 0.683. The van der Waals surface area contributed by atoms with E-state index in [0.29, 0.717) is 0 Å². The maximum absolute atomic E-state index is 3.49. The maximum atomic E-state index is 3.49. The van der Waals surface area contributed by atoms with Gasteiger partial charge in [0.1, 0.15) is 0 Å². The second kappa shape index (κ2) is 7.82. The molecule has 0 aliphatic rings. The highest BCUT2D eigenvalue weighted by Gasteiger charge is 1.98. The van der Waals surface area contributed by atoms with E-state index in [0.717, 1.165) is 32.1 Å². The van der Waals surface area contributed by atoms with Crippen LogP contribution in [0.5, 0.6) is 0 Å². The molecule has 0 aliphatic carbocycles. The zero-order valence-electron chi connectivity index (χ0n) is 10.7. The Morgan fingerprint density at radius 2 is 2.00 bits per heavy atom. The Labute approximate surface area is 103 Å². The SMILES string of the molecule is Cc1ccsc1CNCCCNCC(C)C. The third kappa shape index (κ3) is 5.64. The van der Waals surface area contributed by atoms with Crippen LogP contribution in [0, 0.1) is 12.8 Å². The molecule has 0 bridgehead atoms. The fourth-order valence-electron chi connectivity index (χ4n) is 1.52. The van der Waals surface area contributed by atoms with Crippen LogP contribution in [-0.2, 0) is 6.54 Å². The van der Waals surface area contributed by atoms with E-state index in [4.69, 9.17) is 0 Å². The summed E-state index contributed by atoms with van der Waals surface area (Å²) in [7, 11) is 0. The number of hydrogen-bond acceptors (Lipinski definition) is 3. The van der Waals surface area contributed by atoms with Crippen molar-refractivity contribution in [3.8, 4) is 0 Å². The third-order valence-corrected chi connectivity index (χ3v) is 3.54. The molecule has 2 N–H and O–H groups in total. The maximum Gasteiger partial charge on any atom is 0.0302 e. The van der Waals surface area contributed by atoms with Crippen LogP contribution in [0.4, 0.5) is 0 Å². The van der Waals surface area contributed by atoms with Crippen molar-refractivity contribution < 1.29 is 0 Å². The molecule has 0 spiro atoms. The molecule has 0 unspecified atom stereocenters. The second-order valence-electron chi connectivity index (χ2n) is 4.66. The van der Waals surface area contributed by atoms with E-state index in [1.807, 2.05) is 11.3 Å². The van der Waals surface area contributed by atoms with Crippen molar-refractivity contribution in [3.05, 3.63) is 21.9 Å². The molecule has 16 heavy (non-hydrogen) atoms. The molecule has 2 nitrogen and oxygen atoms in total. The van der Waals surface area contributed by atoms with Crippen LogP contribution in [0.3, 0.4) is 0 Å². The number of aryl methyl sites for hydroxylation is 1. The van der Waals surface area contributed by atoms with E-state index in [1.165, 1.54) is 16.9 Å². The van der Waals surface area contributed by atoms with Crippen LogP contribution in [0.1, 0.15) is 30.7 Å². The Morgan fingerprint density at radius 3 is 2.62 bits per heavy atom. The van der Waals surface area contributed by atoms with E-state index in [1.54, 1.807) is 0 Å². The Balaban J connectivity index is 1.94. The highest BCUT2D eigenvalue weighted by Crippen LogP contribution is 2.14. The van der Waals surface area contributed by atoms with Crippen LogP contribution in [0.25, 0.3) is 0 Å². The van der Waals surface area contributed by atoms with E-state index < -0.39 is 0 Å². The Bertz CT molecular complexity index is 281. The van der Waals surface area contributed by atoms with Gasteiger partial charge in [-0.05, 0) is 55.9 Å². The standard InChI is InChI=1S/C13H24N2S/c1-11(2)9-14-6-4-7-15-10-13-12(3)5-8-16-13/h5,8,11,14-15H,4,6-7,9-10H2,1-3H3. The molecule has 0 aromatic carbocycles. The Kier molecular flexibility index (Phi) is 6.69. The van der Waals surface area contributed by atoms with Gasteiger partial charge in [0.15, 0.2) is 0 Å². The molecule has 92 valence electrons. The molecule has 1 aromatic rings. The molecule has 1 rings (SSSR count). The first-order chi connectivity index (χ1) is 7.70. The highest BCUT2D eigenvalue weighted by molar-refractivity contribution is 7.10. The predicted octanol–water partition coefficient (Wildman–Crippen LogP) is 2.78. The first kappa shape index (κ1) is 13.7. The van der Waals surface area contributed by atoms with E-state index in [9.17, 15) is 0 Å². The van der Waals surface area contributed by atoms with Crippen LogP contribution >= 0.6 is 11.3 Å². The average Bonchev–Trinajstić information content (AvgIpc) is 2.62. The van der Waals surface area contributed by atoms with Crippen molar-refractivity contribution in [2.24, 2.45) is 5.92 Å². The minimum Gasteiger partial charge on any atom is -0.316 e. The first-order valence-electron chi connectivity index (χ1n) is 6.14. The Morgan fingerprint density at radius 1 is 1.25 bits per heavy atom. The summed E-state index contributed by atoms with van der Waals surface area (Å²) in [4.78, 5) is 1.47. The highest BCUT2D eigenvalue weighted by atomic mass is 32.1. The zero-order chi connectivity index (χ0) is 11.8. The summed E-state index contributed by atoms with van der Waals surface area (Å²) in [6, 6.07) is 2.19. The summed E-state index contributed by atoms with van der Waals surface area (Å²) in [5.74, 6) is 0.752. The molecule has 0 atom stereocenters. The predicted molar refractivity (Wildman–Crippen MR) is 73.1 cm³/mol. The van der Waals surface area contributed by atoms with Crippen molar-refractivity contribution in [1.82, 2.24) is 10.6 Å². The summed E-state index contributed by atoms with van der Waals surface area (Å²) < 4.78 is 0. The number of hydrogen-bond donors (Lipinski definition) is 2. The largest absolute Gasteiger partial charge is 0.316 e. The first-order valence-corrected chi connectivity index (χ1v) is 7.02. The van der Waals surface area contributed by atoms with Crippen molar-refractivity contribution in [2.75, 3.05) is 19.6 Å². The van der Waals surface area contributed by atoms with Gasteiger partial charge in [0.05, 0.1) is 0 Å². The number of nitrogens with one attached hydrogen (secondary N) is 2. The molecule has 0 saturated carbocycles. The van der Waals surface area contributed by atoms with Gasteiger partial charge in [0.2, 0.25) is 0 Å². The molecule has 0 amide bonds. The van der Waals surface area contributed by atoms with Crippen LogP contribution in [0.2, 0.25) is 0 Å². The molecule has 0 radical (unpaired) electrons. The molecular weight excluding hydrogens is 216 g/mol. The normalized spacial score (nSPS) is 11.2. The van der Waals surface area contributed by atoms with Gasteiger partial charge in [0.25, 0.3) is 0 Å². The molecule has 1 aromatic heterocycles. The molecule has 0 aliphatic heterocycles. The van der Waals surface area contributed by atoms with E-state index in [2.05, 4.69) is 42.9 Å². The fraction of sp³-hybridized carbons (Fsp3) is 0.692. The lowest BCUT2D eigenvalue weighted by atomic mass is 10.2. The summed E-state index contributed by atoms with van der Waals surface area (Å²) in [5.41, 5.74) is 1.41. The number of rotatable bonds is 8. The van der Waals surface area contributed by atoms with Gasteiger partial charge in [-0.1, -0.05) is 13.8 Å². The minimum atomic E-state index is 0.752. The molecular formula is C13H24N2S. The summed E-state index contributed by atoms with van der Waals surface area (Å²) in [6.07, 6.45) is 1.21. The molecule has 0 fully saturated rings. The molecule has 1 heterocycles. The minimum absolute atomic E-state index is 0.752. The lowest BCUT2D eigenvalue weighted by Crippen LogP contribution is -2.24. The Hall–Kier alpha value is -0.380. The third-order valence-electron chi connectivity index (χ3n) is 2.51. The van der Waals surface area contributed by atoms with Crippen LogP contribution < -0.4 is 10.6 Å². The molecule has 0 saturated heterocycles. The average molecular weight is 240 g/mol. The van der Waals surface area contributed by atoms with Gasteiger partial charge in [-0.25, -0.2) is 0 Å². The van der Waals surface area contributed by atoms with Gasteiger partial charge < -0.3 is 10.6 Å². The number of thiophene rings is 1. The lowest BCUT2D eigenvalue weighted by Gasteiger charge is -2.07. The van der Waals surface area contributed by atoms with Crippen LogP contribution in [0.15, 0.2) is 11.4 Å². The van der Waals surface area contributed by atoms with E-state index >= 15 is 0 Å². The topological polar surface area (TPSA) is 24.1 Å².